The first-order valence-electron chi connectivity index (χ1n) is 5.57. The van der Waals surface area contributed by atoms with Crippen molar-refractivity contribution in [1.82, 2.24) is 0 Å². The number of rotatable bonds is 3. The van der Waals surface area contributed by atoms with Crippen molar-refractivity contribution in [2.75, 3.05) is 7.11 Å². The molecule has 2 nitrogen and oxygen atoms in total. The maximum atomic E-state index is 13.7. The second-order valence-electron chi connectivity index (χ2n) is 4.01. The van der Waals surface area contributed by atoms with Crippen LogP contribution in [0.15, 0.2) is 36.4 Å². The van der Waals surface area contributed by atoms with E-state index in [1.54, 1.807) is 24.3 Å². The lowest BCUT2D eigenvalue weighted by atomic mass is 9.98. The monoisotopic (exact) mass is 267 g/mol. The summed E-state index contributed by atoms with van der Waals surface area (Å²) in [7, 11) is 1.45. The van der Waals surface area contributed by atoms with E-state index in [-0.39, 0.29) is 5.56 Å². The van der Waals surface area contributed by atoms with Gasteiger partial charge in [-0.25, -0.2) is 13.2 Å². The fourth-order valence-corrected chi connectivity index (χ4v) is 1.87. The van der Waals surface area contributed by atoms with Gasteiger partial charge in [0.1, 0.15) is 11.6 Å². The molecular formula is C14H12F3NO. The van der Waals surface area contributed by atoms with Crippen molar-refractivity contribution < 1.29 is 17.9 Å². The van der Waals surface area contributed by atoms with Gasteiger partial charge in [-0.15, -0.1) is 0 Å². The molecule has 0 saturated heterocycles. The Balaban J connectivity index is 2.50. The number of hydrogen-bond acceptors (Lipinski definition) is 2. The Kier molecular flexibility index (Phi) is 3.76. The summed E-state index contributed by atoms with van der Waals surface area (Å²) < 4.78 is 44.9. The number of ether oxygens (including phenoxy) is 1. The molecule has 2 N–H and O–H groups in total. The van der Waals surface area contributed by atoms with Gasteiger partial charge in [0, 0.05) is 17.2 Å². The Morgan fingerprint density at radius 3 is 2.26 bits per heavy atom. The third-order valence-electron chi connectivity index (χ3n) is 2.85. The highest BCUT2D eigenvalue weighted by atomic mass is 19.2. The quantitative estimate of drug-likeness (QED) is 0.867. The molecule has 0 radical (unpaired) electrons. The molecule has 0 fully saturated rings. The fraction of sp³-hybridized carbons (Fsp3) is 0.143. The molecule has 0 bridgehead atoms. The number of hydrogen-bond donors (Lipinski definition) is 1. The van der Waals surface area contributed by atoms with Crippen LogP contribution in [0.1, 0.15) is 17.2 Å². The largest absolute Gasteiger partial charge is 0.496 e. The van der Waals surface area contributed by atoms with Crippen molar-refractivity contribution in [2.45, 2.75) is 6.04 Å². The van der Waals surface area contributed by atoms with Crippen LogP contribution in [0.25, 0.3) is 0 Å². The van der Waals surface area contributed by atoms with Crippen molar-refractivity contribution >= 4 is 0 Å². The molecule has 0 aliphatic heterocycles. The summed E-state index contributed by atoms with van der Waals surface area (Å²) in [5.74, 6) is -2.81. The Morgan fingerprint density at radius 1 is 0.947 bits per heavy atom. The fourth-order valence-electron chi connectivity index (χ4n) is 1.87. The smallest absolute Gasteiger partial charge is 0.161 e. The summed E-state index contributed by atoms with van der Waals surface area (Å²) in [6, 6.07) is 7.05. The van der Waals surface area contributed by atoms with E-state index in [0.29, 0.717) is 17.4 Å². The molecule has 0 aromatic heterocycles. The van der Waals surface area contributed by atoms with Crippen LogP contribution >= 0.6 is 0 Å². The average Bonchev–Trinajstić information content (AvgIpc) is 2.42. The highest BCUT2D eigenvalue weighted by Crippen LogP contribution is 2.30. The van der Waals surface area contributed by atoms with Gasteiger partial charge >= 0.3 is 0 Å². The second-order valence-corrected chi connectivity index (χ2v) is 4.01. The lowest BCUT2D eigenvalue weighted by Gasteiger charge is -2.16. The summed E-state index contributed by atoms with van der Waals surface area (Å²) in [6.07, 6.45) is 0. The molecule has 2 aromatic carbocycles. The number of halogens is 3. The summed E-state index contributed by atoms with van der Waals surface area (Å²) >= 11 is 0. The topological polar surface area (TPSA) is 35.2 Å². The Bertz CT molecular complexity index is 601. The zero-order valence-electron chi connectivity index (χ0n) is 10.2. The predicted octanol–water partition coefficient (Wildman–Crippen LogP) is 3.16. The third-order valence-corrected chi connectivity index (χ3v) is 2.85. The molecule has 1 atom stereocenters. The molecule has 2 aromatic rings. The van der Waals surface area contributed by atoms with Gasteiger partial charge in [0.25, 0.3) is 0 Å². The van der Waals surface area contributed by atoms with Crippen LogP contribution in [0.5, 0.6) is 5.75 Å². The van der Waals surface area contributed by atoms with Gasteiger partial charge in [-0.05, 0) is 12.1 Å². The number of methoxy groups -OCH3 is 1. The van der Waals surface area contributed by atoms with Crippen LogP contribution in [0.2, 0.25) is 0 Å². The Morgan fingerprint density at radius 2 is 1.58 bits per heavy atom. The van der Waals surface area contributed by atoms with Crippen LogP contribution in [0.4, 0.5) is 13.2 Å². The molecular weight excluding hydrogens is 255 g/mol. The number of para-hydroxylation sites is 1. The maximum Gasteiger partial charge on any atom is 0.161 e. The average molecular weight is 267 g/mol. The van der Waals surface area contributed by atoms with E-state index in [0.717, 1.165) is 6.07 Å². The van der Waals surface area contributed by atoms with E-state index in [2.05, 4.69) is 0 Å². The van der Waals surface area contributed by atoms with E-state index >= 15 is 0 Å². The molecule has 19 heavy (non-hydrogen) atoms. The maximum absolute atomic E-state index is 13.7. The second kappa shape index (κ2) is 5.32. The van der Waals surface area contributed by atoms with Gasteiger partial charge in [0.15, 0.2) is 11.6 Å². The van der Waals surface area contributed by atoms with Gasteiger partial charge in [-0.3, -0.25) is 0 Å². The normalized spacial score (nSPS) is 12.3. The highest BCUT2D eigenvalue weighted by molar-refractivity contribution is 5.41. The van der Waals surface area contributed by atoms with Gasteiger partial charge < -0.3 is 10.5 Å². The molecule has 0 aliphatic carbocycles. The van der Waals surface area contributed by atoms with Crippen LogP contribution in [-0.2, 0) is 0 Å². The first-order chi connectivity index (χ1) is 9.04. The van der Waals surface area contributed by atoms with Gasteiger partial charge in [-0.2, -0.15) is 0 Å². The molecule has 0 heterocycles. The van der Waals surface area contributed by atoms with Gasteiger partial charge in [-0.1, -0.05) is 18.2 Å². The zero-order valence-corrected chi connectivity index (χ0v) is 10.2. The Labute approximate surface area is 108 Å². The molecule has 0 saturated carbocycles. The minimum absolute atomic E-state index is 0.122. The number of benzene rings is 2. The molecule has 100 valence electrons. The van der Waals surface area contributed by atoms with Crippen molar-refractivity contribution in [1.29, 1.82) is 0 Å². The molecule has 1 unspecified atom stereocenters. The molecule has 0 aliphatic rings. The van der Waals surface area contributed by atoms with Crippen LogP contribution < -0.4 is 10.5 Å². The SMILES string of the molecule is COc1ccccc1C(N)c1cc(F)c(F)cc1F. The molecule has 0 spiro atoms. The summed E-state index contributed by atoms with van der Waals surface area (Å²) in [6.45, 7) is 0. The number of nitrogens with two attached hydrogens (primary N) is 1. The highest BCUT2D eigenvalue weighted by Gasteiger charge is 2.19. The summed E-state index contributed by atoms with van der Waals surface area (Å²) in [5.41, 5.74) is 6.28. The van der Waals surface area contributed by atoms with Crippen molar-refractivity contribution in [3.63, 3.8) is 0 Å². The lowest BCUT2D eigenvalue weighted by molar-refractivity contribution is 0.407. The third kappa shape index (κ3) is 2.56. The summed E-state index contributed by atoms with van der Waals surface area (Å²) in [5, 5.41) is 0. The lowest BCUT2D eigenvalue weighted by Crippen LogP contribution is -2.15. The minimum Gasteiger partial charge on any atom is -0.496 e. The first kappa shape index (κ1) is 13.4. The zero-order chi connectivity index (χ0) is 14.0. The van der Waals surface area contributed by atoms with Crippen molar-refractivity contribution in [3.8, 4) is 5.75 Å². The van der Waals surface area contributed by atoms with Gasteiger partial charge in [0.2, 0.25) is 0 Å². The van der Waals surface area contributed by atoms with E-state index in [9.17, 15) is 13.2 Å². The van der Waals surface area contributed by atoms with Gasteiger partial charge in [0.05, 0.1) is 13.2 Å². The summed E-state index contributed by atoms with van der Waals surface area (Å²) in [4.78, 5) is 0. The van der Waals surface area contributed by atoms with Crippen molar-refractivity contribution in [2.24, 2.45) is 5.73 Å². The minimum atomic E-state index is -1.24. The molecule has 5 heteroatoms. The standard InChI is InChI=1S/C14H12F3NO/c1-19-13-5-3-2-4-8(13)14(18)9-6-11(16)12(17)7-10(9)15/h2-7,14H,18H2,1H3. The van der Waals surface area contributed by atoms with Crippen molar-refractivity contribution in [3.05, 3.63) is 65.0 Å². The molecule has 0 amide bonds. The van der Waals surface area contributed by atoms with Crippen LogP contribution in [-0.4, -0.2) is 7.11 Å². The predicted molar refractivity (Wildman–Crippen MR) is 65.3 cm³/mol. The first-order valence-corrected chi connectivity index (χ1v) is 5.57. The van der Waals surface area contributed by atoms with E-state index in [4.69, 9.17) is 10.5 Å². The molecule has 2 rings (SSSR count). The van der Waals surface area contributed by atoms with Crippen LogP contribution in [0.3, 0.4) is 0 Å². The Hall–Kier alpha value is -2.01. The van der Waals surface area contributed by atoms with E-state index < -0.39 is 23.5 Å². The van der Waals surface area contributed by atoms with E-state index in [1.807, 2.05) is 0 Å². The van der Waals surface area contributed by atoms with Crippen LogP contribution in [0, 0.1) is 17.5 Å². The van der Waals surface area contributed by atoms with E-state index in [1.165, 1.54) is 7.11 Å².